The molecule has 7 heavy (non-hydrogen) atoms. The second-order valence-electron chi connectivity index (χ2n) is 1.01. The molecule has 0 aliphatic carbocycles. The Bertz CT molecular complexity index is 41.9. The van der Waals surface area contributed by atoms with Gasteiger partial charge in [-0.3, -0.25) is 0 Å². The van der Waals surface area contributed by atoms with Crippen LogP contribution in [-0.2, 0) is 3.02 Å². The summed E-state index contributed by atoms with van der Waals surface area (Å²) >= 11 is 8.03. The maximum atomic E-state index is 4.84. The average molecular weight is 339 g/mol. The first-order valence-corrected chi connectivity index (χ1v) is 4.69. The first-order valence-electron chi connectivity index (χ1n) is 1.82. The Hall–Kier alpha value is 1.74. The molecule has 0 aliphatic heterocycles. The normalized spacial score (nSPS) is 10.3. The van der Waals surface area contributed by atoms with Crippen molar-refractivity contribution in [3.05, 3.63) is 0 Å². The van der Waals surface area contributed by atoms with Gasteiger partial charge in [-0.15, -0.1) is 0 Å². The van der Waals surface area contributed by atoms with E-state index in [2.05, 4.69) is 31.9 Å². The Labute approximate surface area is 74.5 Å². The molecule has 42 valence electrons. The second-order valence-corrected chi connectivity index (χ2v) is 5.19. The van der Waals surface area contributed by atoms with Crippen LogP contribution in [0.2, 0.25) is 0 Å². The molecule has 0 aromatic rings. The first kappa shape index (κ1) is 8.74. The van der Waals surface area contributed by atoms with Crippen LogP contribution in [0.3, 0.4) is 0 Å². The van der Waals surface area contributed by atoms with E-state index >= 15 is 0 Å². The summed E-state index contributed by atoms with van der Waals surface area (Å²) in [5, 5.41) is 0. The molecule has 0 spiro atoms. The molecule has 0 saturated heterocycles. The standard InChI is InChI=1S/C3H5Br2O.Sb/c4-3(5)1-2-6;/h3H,1-2H2;/q-1;+1. The van der Waals surface area contributed by atoms with Crippen LogP contribution in [0, 0.1) is 0 Å². The van der Waals surface area contributed by atoms with Gasteiger partial charge in [0, 0.05) is 0 Å². The van der Waals surface area contributed by atoms with Crippen LogP contribution in [0.5, 0.6) is 0 Å². The first-order chi connectivity index (χ1) is 3.27. The number of hydrogen-bond acceptors (Lipinski definition) is 1. The van der Waals surface area contributed by atoms with Gasteiger partial charge < -0.3 is 0 Å². The van der Waals surface area contributed by atoms with E-state index in [0.29, 0.717) is 3.74 Å². The van der Waals surface area contributed by atoms with E-state index in [-0.39, 0.29) is 0 Å². The van der Waals surface area contributed by atoms with Gasteiger partial charge in [-0.25, -0.2) is 0 Å². The summed E-state index contributed by atoms with van der Waals surface area (Å²) in [5.74, 6) is 0. The van der Waals surface area contributed by atoms with Crippen LogP contribution in [0.25, 0.3) is 0 Å². The molecule has 0 amide bonds. The fourth-order valence-electron chi connectivity index (χ4n) is 0.142. The van der Waals surface area contributed by atoms with E-state index in [0.717, 1.165) is 13.0 Å². The molecule has 0 fully saturated rings. The molecule has 0 unspecified atom stereocenters. The van der Waals surface area contributed by atoms with Crippen molar-refractivity contribution in [3.63, 3.8) is 0 Å². The van der Waals surface area contributed by atoms with Gasteiger partial charge >= 0.3 is 75.1 Å². The topological polar surface area (TPSA) is 9.23 Å². The van der Waals surface area contributed by atoms with Crippen LogP contribution >= 0.6 is 31.9 Å². The molecular weight excluding hydrogens is 334 g/mol. The third-order valence-corrected chi connectivity index (χ3v) is 1.86. The van der Waals surface area contributed by atoms with Crippen molar-refractivity contribution < 1.29 is 3.02 Å². The van der Waals surface area contributed by atoms with E-state index in [1.54, 1.807) is 0 Å². The summed E-state index contributed by atoms with van der Waals surface area (Å²) in [6.07, 6.45) is 1.02. The van der Waals surface area contributed by atoms with E-state index < -0.39 is 0 Å². The average Bonchev–Trinajstić information content (AvgIpc) is 1.61. The third kappa shape index (κ3) is 7.74. The van der Waals surface area contributed by atoms with Crippen molar-refractivity contribution in [2.24, 2.45) is 0 Å². The Morgan fingerprint density at radius 1 is 1.57 bits per heavy atom. The summed E-state index contributed by atoms with van der Waals surface area (Å²) < 4.78 is 5.25. The van der Waals surface area contributed by atoms with Crippen molar-refractivity contribution in [3.8, 4) is 0 Å². The molecule has 4 heteroatoms. The summed E-state index contributed by atoms with van der Waals surface area (Å²) in [6, 6.07) is 0. The van der Waals surface area contributed by atoms with Crippen LogP contribution in [-0.4, -0.2) is 33.8 Å². The van der Waals surface area contributed by atoms with E-state index in [1.165, 1.54) is 23.4 Å². The number of halogens is 2. The molecular formula is C3H5Br2OSb. The number of alkyl halides is 2. The number of hydrogen-bond donors (Lipinski definition) is 0. The van der Waals surface area contributed by atoms with Crippen LogP contribution in [0.15, 0.2) is 0 Å². The van der Waals surface area contributed by atoms with Gasteiger partial charge in [0.2, 0.25) is 0 Å². The Morgan fingerprint density at radius 3 is 2.29 bits per heavy atom. The van der Waals surface area contributed by atoms with Crippen molar-refractivity contribution in [1.82, 2.24) is 0 Å². The predicted molar refractivity (Wildman–Crippen MR) is 38.0 cm³/mol. The molecule has 0 aromatic heterocycles. The molecule has 1 nitrogen and oxygen atoms in total. The molecule has 0 heterocycles. The molecule has 0 N–H and O–H groups in total. The summed E-state index contributed by atoms with van der Waals surface area (Å²) in [6.45, 7) is 0.829. The van der Waals surface area contributed by atoms with Gasteiger partial charge in [0.25, 0.3) is 0 Å². The Kier molecular flexibility index (Phi) is 7.32. The molecule has 2 radical (unpaired) electrons. The van der Waals surface area contributed by atoms with Gasteiger partial charge in [0.15, 0.2) is 0 Å². The molecule has 0 rings (SSSR count). The quantitative estimate of drug-likeness (QED) is 0.561. The van der Waals surface area contributed by atoms with Crippen molar-refractivity contribution in [2.45, 2.75) is 10.2 Å². The monoisotopic (exact) mass is 336 g/mol. The third-order valence-electron chi connectivity index (χ3n) is 0.427. The zero-order valence-electron chi connectivity index (χ0n) is 3.60. The van der Waals surface area contributed by atoms with Gasteiger partial charge in [0.05, 0.1) is 0 Å². The molecule has 0 saturated carbocycles. The van der Waals surface area contributed by atoms with Gasteiger partial charge in [-0.05, 0) is 0 Å². The van der Waals surface area contributed by atoms with E-state index in [1.807, 2.05) is 0 Å². The zero-order valence-corrected chi connectivity index (χ0v) is 9.33. The molecule has 0 atom stereocenters. The van der Waals surface area contributed by atoms with Crippen LogP contribution in [0.1, 0.15) is 6.42 Å². The van der Waals surface area contributed by atoms with E-state index in [4.69, 9.17) is 3.02 Å². The summed E-state index contributed by atoms with van der Waals surface area (Å²) in [4.78, 5) is 0. The minimum absolute atomic E-state index is 0.411. The van der Waals surface area contributed by atoms with Gasteiger partial charge in [0.1, 0.15) is 0 Å². The predicted octanol–water partition coefficient (Wildman–Crippen LogP) is 1.59. The van der Waals surface area contributed by atoms with Gasteiger partial charge in [-0.2, -0.15) is 0 Å². The van der Waals surface area contributed by atoms with Gasteiger partial charge in [-0.1, -0.05) is 0 Å². The SMILES string of the molecule is BrC(Br)CC[O][Sb]. The fraction of sp³-hybridized carbons (Fsp3) is 1.00. The fourth-order valence-corrected chi connectivity index (χ4v) is 0.816. The van der Waals surface area contributed by atoms with Crippen molar-refractivity contribution in [1.29, 1.82) is 0 Å². The Morgan fingerprint density at radius 2 is 2.14 bits per heavy atom. The number of rotatable bonds is 3. The summed E-state index contributed by atoms with van der Waals surface area (Å²) in [7, 11) is 0. The van der Waals surface area contributed by atoms with Crippen molar-refractivity contribution in [2.75, 3.05) is 6.61 Å². The summed E-state index contributed by atoms with van der Waals surface area (Å²) in [5.41, 5.74) is 0. The minimum atomic E-state index is 0.411. The Balaban J connectivity index is 2.68. The van der Waals surface area contributed by atoms with Crippen LogP contribution in [0.4, 0.5) is 0 Å². The van der Waals surface area contributed by atoms with Crippen LogP contribution < -0.4 is 0 Å². The van der Waals surface area contributed by atoms with Crippen molar-refractivity contribution >= 4 is 55.3 Å². The maximum absolute atomic E-state index is 4.84. The second kappa shape index (κ2) is 5.87. The molecule has 0 aromatic carbocycles. The zero-order chi connectivity index (χ0) is 5.70. The molecule has 0 bridgehead atoms. The molecule has 0 aliphatic rings. The van der Waals surface area contributed by atoms with E-state index in [9.17, 15) is 0 Å².